The van der Waals surface area contributed by atoms with Gasteiger partial charge >= 0.3 is 0 Å². The van der Waals surface area contributed by atoms with Gasteiger partial charge in [0.2, 0.25) is 0 Å². The van der Waals surface area contributed by atoms with E-state index in [-0.39, 0.29) is 28.9 Å². The molecule has 0 bridgehead atoms. The molecule has 0 aliphatic carbocycles. The molecule has 1 aromatic carbocycles. The van der Waals surface area contributed by atoms with Crippen LogP contribution in [-0.2, 0) is 6.61 Å². The number of ether oxygens (including phenoxy) is 1. The average Bonchev–Trinajstić information content (AvgIpc) is 2.36. The zero-order valence-electron chi connectivity index (χ0n) is 9.33. The number of benzene rings is 1. The minimum absolute atomic E-state index is 0.0166. The molecule has 8 heteroatoms. The van der Waals surface area contributed by atoms with Crippen LogP contribution in [0.5, 0.6) is 5.88 Å². The molecule has 2 aromatic rings. The van der Waals surface area contributed by atoms with E-state index in [1.807, 2.05) is 0 Å². The Labute approximate surface area is 120 Å². The van der Waals surface area contributed by atoms with Crippen LogP contribution in [0.15, 0.2) is 22.9 Å². The first-order valence-corrected chi connectivity index (χ1v) is 6.19. The van der Waals surface area contributed by atoms with Gasteiger partial charge in [-0.3, -0.25) is 0 Å². The molecule has 1 heterocycles. The van der Waals surface area contributed by atoms with E-state index in [2.05, 4.69) is 25.9 Å². The van der Waals surface area contributed by atoms with Gasteiger partial charge in [0, 0.05) is 5.56 Å². The van der Waals surface area contributed by atoms with Crippen LogP contribution in [0, 0.1) is 11.6 Å². The first-order chi connectivity index (χ1) is 8.99. The van der Waals surface area contributed by atoms with Crippen LogP contribution in [0.3, 0.4) is 0 Å². The topological polar surface area (TPSA) is 61.0 Å². The number of aromatic nitrogens is 2. The molecule has 0 aliphatic heterocycles. The maximum atomic E-state index is 13.5. The summed E-state index contributed by atoms with van der Waals surface area (Å²) in [6, 6.07) is 1.91. The van der Waals surface area contributed by atoms with Crippen molar-refractivity contribution in [3.05, 3.63) is 45.2 Å². The third-order valence-electron chi connectivity index (χ3n) is 2.23. The van der Waals surface area contributed by atoms with E-state index in [1.165, 1.54) is 6.20 Å². The van der Waals surface area contributed by atoms with Crippen molar-refractivity contribution in [2.24, 2.45) is 0 Å². The lowest BCUT2D eigenvalue weighted by molar-refractivity contribution is 0.288. The fraction of sp³-hybridized carbons (Fsp3) is 0.0909. The monoisotopic (exact) mass is 349 g/mol. The van der Waals surface area contributed by atoms with Gasteiger partial charge in [-0.05, 0) is 28.1 Å². The summed E-state index contributed by atoms with van der Waals surface area (Å²) in [6.07, 6.45) is 1.37. The molecule has 4 nitrogen and oxygen atoms in total. The molecule has 0 saturated heterocycles. The average molecular weight is 351 g/mol. The summed E-state index contributed by atoms with van der Waals surface area (Å²) in [6.45, 7) is -0.303. The minimum atomic E-state index is -0.725. The third-order valence-corrected chi connectivity index (χ3v) is 3.02. The Bertz CT molecular complexity index is 627. The summed E-state index contributed by atoms with van der Waals surface area (Å²) in [7, 11) is 0. The van der Waals surface area contributed by atoms with Crippen molar-refractivity contribution in [3.8, 4) is 5.88 Å². The number of hydrogen-bond acceptors (Lipinski definition) is 4. The van der Waals surface area contributed by atoms with E-state index in [9.17, 15) is 8.78 Å². The highest BCUT2D eigenvalue weighted by Gasteiger charge is 2.14. The molecular formula is C11H7BrClF2N3O. The van der Waals surface area contributed by atoms with Crippen LogP contribution < -0.4 is 10.5 Å². The quantitative estimate of drug-likeness (QED) is 0.863. The van der Waals surface area contributed by atoms with Crippen LogP contribution in [-0.4, -0.2) is 9.97 Å². The van der Waals surface area contributed by atoms with E-state index >= 15 is 0 Å². The van der Waals surface area contributed by atoms with Gasteiger partial charge in [0.25, 0.3) is 5.88 Å². The van der Waals surface area contributed by atoms with E-state index in [4.69, 9.17) is 22.1 Å². The Balaban J connectivity index is 2.21. The number of hydrogen-bond donors (Lipinski definition) is 1. The molecule has 0 unspecified atom stereocenters. The fourth-order valence-corrected chi connectivity index (χ4v) is 1.82. The minimum Gasteiger partial charge on any atom is -0.470 e. The second-order valence-corrected chi connectivity index (χ2v) is 4.68. The normalized spacial score (nSPS) is 10.5. The molecule has 1 aromatic heterocycles. The van der Waals surface area contributed by atoms with E-state index in [0.29, 0.717) is 4.60 Å². The number of nitrogen functional groups attached to an aromatic ring is 1. The molecular weight excluding hydrogens is 343 g/mol. The van der Waals surface area contributed by atoms with Crippen molar-refractivity contribution in [1.82, 2.24) is 9.97 Å². The zero-order chi connectivity index (χ0) is 14.0. The zero-order valence-corrected chi connectivity index (χ0v) is 11.7. The second-order valence-electron chi connectivity index (χ2n) is 3.49. The summed E-state index contributed by atoms with van der Waals surface area (Å²) in [5.74, 6) is -1.35. The largest absolute Gasteiger partial charge is 0.470 e. The highest BCUT2D eigenvalue weighted by atomic mass is 79.9. The SMILES string of the molecule is Nc1nc(Br)cnc1OCc1c(F)ccc(F)c1Cl. The van der Waals surface area contributed by atoms with Gasteiger partial charge in [-0.1, -0.05) is 11.6 Å². The van der Waals surface area contributed by atoms with Crippen molar-refractivity contribution >= 4 is 33.3 Å². The Morgan fingerprint density at radius 3 is 2.68 bits per heavy atom. The molecule has 19 heavy (non-hydrogen) atoms. The lowest BCUT2D eigenvalue weighted by Gasteiger charge is -2.09. The molecule has 2 rings (SSSR count). The van der Waals surface area contributed by atoms with Gasteiger partial charge < -0.3 is 10.5 Å². The van der Waals surface area contributed by atoms with Crippen molar-refractivity contribution in [1.29, 1.82) is 0 Å². The summed E-state index contributed by atoms with van der Waals surface area (Å²) < 4.78 is 32.3. The summed E-state index contributed by atoms with van der Waals surface area (Å²) >= 11 is 8.75. The number of rotatable bonds is 3. The maximum absolute atomic E-state index is 13.5. The molecule has 0 radical (unpaired) electrons. The van der Waals surface area contributed by atoms with Crippen LogP contribution in [0.25, 0.3) is 0 Å². The highest BCUT2D eigenvalue weighted by molar-refractivity contribution is 9.10. The molecule has 0 fully saturated rings. The van der Waals surface area contributed by atoms with Crippen molar-refractivity contribution in [2.45, 2.75) is 6.61 Å². The van der Waals surface area contributed by atoms with Gasteiger partial charge in [0.05, 0.1) is 11.2 Å². The molecule has 2 N–H and O–H groups in total. The van der Waals surface area contributed by atoms with Gasteiger partial charge in [-0.2, -0.15) is 0 Å². The van der Waals surface area contributed by atoms with Gasteiger partial charge in [0.15, 0.2) is 5.82 Å². The van der Waals surface area contributed by atoms with Crippen LogP contribution in [0.4, 0.5) is 14.6 Å². The van der Waals surface area contributed by atoms with Crippen LogP contribution in [0.1, 0.15) is 5.56 Å². The van der Waals surface area contributed by atoms with Crippen molar-refractivity contribution < 1.29 is 13.5 Å². The van der Waals surface area contributed by atoms with E-state index < -0.39 is 11.6 Å². The Hall–Kier alpha value is -1.47. The molecule has 100 valence electrons. The van der Waals surface area contributed by atoms with Crippen LogP contribution in [0.2, 0.25) is 5.02 Å². The summed E-state index contributed by atoms with van der Waals surface area (Å²) in [5.41, 5.74) is 5.46. The van der Waals surface area contributed by atoms with Crippen molar-refractivity contribution in [3.63, 3.8) is 0 Å². The van der Waals surface area contributed by atoms with Gasteiger partial charge in [-0.15, -0.1) is 0 Å². The number of nitrogens with zero attached hydrogens (tertiary/aromatic N) is 2. The first kappa shape index (κ1) is 14.0. The van der Waals surface area contributed by atoms with E-state index in [0.717, 1.165) is 12.1 Å². The lowest BCUT2D eigenvalue weighted by Crippen LogP contribution is -2.05. The highest BCUT2D eigenvalue weighted by Crippen LogP contribution is 2.25. The molecule has 0 spiro atoms. The third kappa shape index (κ3) is 3.10. The smallest absolute Gasteiger partial charge is 0.257 e. The second kappa shape index (κ2) is 5.66. The maximum Gasteiger partial charge on any atom is 0.257 e. The number of nitrogens with two attached hydrogens (primary N) is 1. The standard InChI is InChI=1S/C11H7BrClF2N3O/c12-8-3-17-11(10(16)18-8)19-4-5-6(14)1-2-7(15)9(5)13/h1-3H,4H2,(H2,16,18). The summed E-state index contributed by atoms with van der Waals surface area (Å²) in [4.78, 5) is 7.71. The van der Waals surface area contributed by atoms with Crippen LogP contribution >= 0.6 is 27.5 Å². The summed E-state index contributed by atoms with van der Waals surface area (Å²) in [5, 5.41) is -0.330. The van der Waals surface area contributed by atoms with Gasteiger partial charge in [0.1, 0.15) is 22.8 Å². The Kier molecular flexibility index (Phi) is 4.16. The number of anilines is 1. The Morgan fingerprint density at radius 2 is 2.00 bits per heavy atom. The van der Waals surface area contributed by atoms with Crippen molar-refractivity contribution in [2.75, 3.05) is 5.73 Å². The molecule has 0 aliphatic rings. The fourth-order valence-electron chi connectivity index (χ4n) is 1.32. The molecule has 0 amide bonds. The molecule has 0 saturated carbocycles. The number of halogens is 4. The first-order valence-electron chi connectivity index (χ1n) is 5.02. The predicted molar refractivity (Wildman–Crippen MR) is 69.8 cm³/mol. The molecule has 0 atom stereocenters. The Morgan fingerprint density at radius 1 is 1.32 bits per heavy atom. The lowest BCUT2D eigenvalue weighted by atomic mass is 10.2. The van der Waals surface area contributed by atoms with Gasteiger partial charge in [-0.25, -0.2) is 18.7 Å². The van der Waals surface area contributed by atoms with E-state index in [1.54, 1.807) is 0 Å². The predicted octanol–water partition coefficient (Wildman–Crippen LogP) is 3.33.